The number of ether oxygens (including phenoxy) is 1. The molecule has 98 valence electrons. The first-order valence-corrected chi connectivity index (χ1v) is 6.66. The van der Waals surface area contributed by atoms with Gasteiger partial charge in [0.1, 0.15) is 0 Å². The molecule has 0 heterocycles. The van der Waals surface area contributed by atoms with E-state index in [4.69, 9.17) is 23.1 Å². The summed E-state index contributed by atoms with van der Waals surface area (Å²) in [6, 6.07) is 0.295. The van der Waals surface area contributed by atoms with Crippen molar-refractivity contribution in [2.24, 2.45) is 0 Å². The summed E-state index contributed by atoms with van der Waals surface area (Å²) in [4.78, 5) is 21.1. The molecule has 0 aliphatic carbocycles. The third-order valence-corrected chi connectivity index (χ3v) is 4.63. The Kier molecular flexibility index (Phi) is 7.38. The fourth-order valence-corrected chi connectivity index (χ4v) is 2.48. The molecule has 7 nitrogen and oxygen atoms in total. The Morgan fingerprint density at radius 3 is 2.06 bits per heavy atom. The highest BCUT2D eigenvalue weighted by Crippen LogP contribution is 2.12. The maximum atomic E-state index is 11.0. The van der Waals surface area contributed by atoms with E-state index in [0.29, 0.717) is 12.1 Å². The average Bonchev–Trinajstić information content (AvgIpc) is 2.33. The van der Waals surface area contributed by atoms with Gasteiger partial charge in [-0.2, -0.15) is 0 Å². The molecule has 0 saturated carbocycles. The third-order valence-electron chi connectivity index (χ3n) is 1.95. The lowest BCUT2D eigenvalue weighted by Gasteiger charge is -2.23. The third kappa shape index (κ3) is 6.17. The number of hydrogen-bond acceptors (Lipinski definition) is 6. The van der Waals surface area contributed by atoms with Gasteiger partial charge in [0, 0.05) is 33.5 Å². The number of hydrogen-bond donors (Lipinski definition) is 1. The van der Waals surface area contributed by atoms with Crippen molar-refractivity contribution < 1.29 is 32.7 Å². The van der Waals surface area contributed by atoms with Gasteiger partial charge < -0.3 is 23.1 Å². The molecule has 1 N–H and O–H groups in total. The van der Waals surface area contributed by atoms with Gasteiger partial charge in [-0.3, -0.25) is 0 Å². The van der Waals surface area contributed by atoms with Gasteiger partial charge in [0.25, 0.3) is 0 Å². The lowest BCUT2D eigenvalue weighted by atomic mass is 10.5. The fourth-order valence-electron chi connectivity index (χ4n) is 1.02. The van der Waals surface area contributed by atoms with Gasteiger partial charge in [-0.05, 0) is 0 Å². The van der Waals surface area contributed by atoms with Crippen molar-refractivity contribution in [3.05, 3.63) is 12.2 Å². The van der Waals surface area contributed by atoms with Crippen molar-refractivity contribution in [3.8, 4) is 0 Å². The van der Waals surface area contributed by atoms with Gasteiger partial charge >= 0.3 is 20.7 Å². The Hall–Kier alpha value is -1.22. The maximum Gasteiger partial charge on any atom is 0.503 e. The monoisotopic (exact) mass is 264 g/mol. The van der Waals surface area contributed by atoms with Crippen LogP contribution in [-0.4, -0.2) is 53.8 Å². The van der Waals surface area contributed by atoms with Crippen molar-refractivity contribution in [1.29, 1.82) is 0 Å². The van der Waals surface area contributed by atoms with Crippen molar-refractivity contribution >= 4 is 20.7 Å². The van der Waals surface area contributed by atoms with E-state index in [9.17, 15) is 9.59 Å². The number of carbonyl (C=O) groups is 2. The molecule has 0 radical (unpaired) electrons. The number of carbonyl (C=O) groups excluding carboxylic acids is 1. The highest BCUT2D eigenvalue weighted by molar-refractivity contribution is 6.60. The maximum absolute atomic E-state index is 11.0. The molecule has 0 spiro atoms. The number of carboxylic acid groups (broad SMARTS) is 1. The molecule has 8 heteroatoms. The van der Waals surface area contributed by atoms with Crippen LogP contribution in [0.25, 0.3) is 0 Å². The highest BCUT2D eigenvalue weighted by Gasteiger charge is 2.37. The summed E-state index contributed by atoms with van der Waals surface area (Å²) in [5.74, 6) is -1.95. The molecule has 0 aliphatic heterocycles. The Bertz CT molecular complexity index is 277. The predicted octanol–water partition coefficient (Wildman–Crippen LogP) is 0.0485. The molecule has 17 heavy (non-hydrogen) atoms. The summed E-state index contributed by atoms with van der Waals surface area (Å²) in [7, 11) is 1.60. The minimum absolute atomic E-state index is 0.0323. The Labute approximate surface area is 100 Å². The minimum Gasteiger partial charge on any atom is -0.478 e. The number of carboxylic acids is 1. The second-order valence-electron chi connectivity index (χ2n) is 2.88. The van der Waals surface area contributed by atoms with E-state index < -0.39 is 20.7 Å². The summed E-state index contributed by atoms with van der Waals surface area (Å²) in [5.41, 5.74) is 0. The average molecular weight is 264 g/mol. The van der Waals surface area contributed by atoms with Crippen molar-refractivity contribution in [1.82, 2.24) is 0 Å². The topological polar surface area (TPSA) is 91.3 Å². The zero-order valence-electron chi connectivity index (χ0n) is 9.97. The normalized spacial score (nSPS) is 11.7. The fraction of sp³-hybridized carbons (Fsp3) is 0.556. The van der Waals surface area contributed by atoms with Gasteiger partial charge in [-0.25, -0.2) is 9.59 Å². The van der Waals surface area contributed by atoms with Gasteiger partial charge in [-0.1, -0.05) is 0 Å². The van der Waals surface area contributed by atoms with Crippen LogP contribution in [0.4, 0.5) is 0 Å². The van der Waals surface area contributed by atoms with E-state index in [1.165, 1.54) is 21.3 Å². The molecule has 0 aromatic heterocycles. The molecule has 0 aromatic carbocycles. The highest BCUT2D eigenvalue weighted by atomic mass is 28.4. The van der Waals surface area contributed by atoms with E-state index in [0.717, 1.165) is 6.08 Å². The van der Waals surface area contributed by atoms with Crippen LogP contribution in [0.15, 0.2) is 12.2 Å². The molecule has 0 unspecified atom stereocenters. The second kappa shape index (κ2) is 7.95. The van der Waals surface area contributed by atoms with E-state index >= 15 is 0 Å². The van der Waals surface area contributed by atoms with Crippen LogP contribution < -0.4 is 0 Å². The number of aliphatic carboxylic acids is 1. The van der Waals surface area contributed by atoms with Crippen LogP contribution >= 0.6 is 0 Å². The standard InChI is InChI=1S/C9H16O7Si/c1-13-17(14-2,15-3)7-6-16-9(12)5-4-8(10)11/h4-5H,6-7H2,1-3H3,(H,10,11). The first-order valence-electron chi connectivity index (χ1n) is 4.73. The molecule has 0 bridgehead atoms. The van der Waals surface area contributed by atoms with Gasteiger partial charge in [-0.15, -0.1) is 0 Å². The SMILES string of the molecule is CO[Si](CCOC(=O)C=CC(=O)O)(OC)OC. The van der Waals surface area contributed by atoms with E-state index in [2.05, 4.69) is 0 Å². The lowest BCUT2D eigenvalue weighted by molar-refractivity contribution is -0.138. The minimum atomic E-state index is -2.75. The molecule has 0 saturated heterocycles. The van der Waals surface area contributed by atoms with Crippen LogP contribution in [0, 0.1) is 0 Å². The largest absolute Gasteiger partial charge is 0.503 e. The number of esters is 1. The molecular formula is C9H16O7Si. The van der Waals surface area contributed by atoms with Gasteiger partial charge in [0.05, 0.1) is 12.7 Å². The lowest BCUT2D eigenvalue weighted by Crippen LogP contribution is -2.43. The van der Waals surface area contributed by atoms with Crippen molar-refractivity contribution in [3.63, 3.8) is 0 Å². The van der Waals surface area contributed by atoms with Crippen LogP contribution in [0.2, 0.25) is 6.04 Å². The van der Waals surface area contributed by atoms with Crippen LogP contribution in [0.5, 0.6) is 0 Å². The Balaban J connectivity index is 4.05. The van der Waals surface area contributed by atoms with E-state index in [1.54, 1.807) is 0 Å². The van der Waals surface area contributed by atoms with Crippen molar-refractivity contribution in [2.75, 3.05) is 27.9 Å². The van der Waals surface area contributed by atoms with Gasteiger partial charge in [0.15, 0.2) is 0 Å². The summed E-state index contributed by atoms with van der Waals surface area (Å²) in [6.07, 6.45) is 1.54. The molecule has 0 rings (SSSR count). The van der Waals surface area contributed by atoms with Gasteiger partial charge in [0.2, 0.25) is 0 Å². The Morgan fingerprint density at radius 2 is 1.65 bits per heavy atom. The molecule has 0 aliphatic rings. The first-order chi connectivity index (χ1) is 7.99. The van der Waals surface area contributed by atoms with Crippen LogP contribution in [0.3, 0.4) is 0 Å². The molecule has 0 aromatic rings. The summed E-state index contributed by atoms with van der Waals surface area (Å²) in [5, 5.41) is 8.28. The Morgan fingerprint density at radius 1 is 1.12 bits per heavy atom. The second-order valence-corrected chi connectivity index (χ2v) is 5.98. The summed E-state index contributed by atoms with van der Waals surface area (Å²) < 4.78 is 20.1. The van der Waals surface area contributed by atoms with E-state index in [1.807, 2.05) is 0 Å². The summed E-state index contributed by atoms with van der Waals surface area (Å²) in [6.45, 7) is 0.0323. The first kappa shape index (κ1) is 15.8. The molecule has 0 fully saturated rings. The smallest absolute Gasteiger partial charge is 0.478 e. The quantitative estimate of drug-likeness (QED) is 0.376. The zero-order chi connectivity index (χ0) is 13.3. The van der Waals surface area contributed by atoms with Crippen LogP contribution in [0.1, 0.15) is 0 Å². The molecule has 0 atom stereocenters. The van der Waals surface area contributed by atoms with E-state index in [-0.39, 0.29) is 6.61 Å². The summed E-state index contributed by atoms with van der Waals surface area (Å²) >= 11 is 0. The zero-order valence-corrected chi connectivity index (χ0v) is 11.0. The van der Waals surface area contributed by atoms with Crippen LogP contribution in [-0.2, 0) is 27.6 Å². The van der Waals surface area contributed by atoms with Crippen molar-refractivity contribution in [2.45, 2.75) is 6.04 Å². The number of rotatable bonds is 8. The predicted molar refractivity (Wildman–Crippen MR) is 59.3 cm³/mol. The molecular weight excluding hydrogens is 248 g/mol. The molecule has 0 amide bonds.